The van der Waals surface area contributed by atoms with Gasteiger partial charge in [0.1, 0.15) is 41.3 Å². The molecule has 0 spiro atoms. The quantitative estimate of drug-likeness (QED) is 0.764. The summed E-state index contributed by atoms with van der Waals surface area (Å²) >= 11 is 0. The number of carbonyl (C=O) groups excluding carboxylic acids is 1. The third-order valence-electron chi connectivity index (χ3n) is 4.24. The highest BCUT2D eigenvalue weighted by Gasteiger charge is 2.38. The van der Waals surface area contributed by atoms with E-state index in [4.69, 9.17) is 24.4 Å². The van der Waals surface area contributed by atoms with E-state index >= 15 is 0 Å². The lowest BCUT2D eigenvalue weighted by molar-refractivity contribution is -0.136. The summed E-state index contributed by atoms with van der Waals surface area (Å²) in [5.41, 5.74) is 5.85. The van der Waals surface area contributed by atoms with Gasteiger partial charge in [-0.05, 0) is 31.2 Å². The fraction of sp³-hybridized carbons (Fsp3) is 0.200. The van der Waals surface area contributed by atoms with Crippen molar-refractivity contribution >= 4 is 5.97 Å². The Labute approximate surface area is 164 Å². The zero-order chi connectivity index (χ0) is 21.1. The first-order chi connectivity index (χ1) is 13.8. The van der Waals surface area contributed by atoms with Gasteiger partial charge in [0.15, 0.2) is 11.6 Å². The Hall–Kier alpha value is -3.80. The Morgan fingerprint density at radius 3 is 2.72 bits per heavy atom. The number of hydrogen-bond donors (Lipinski definition) is 1. The third kappa shape index (κ3) is 3.91. The van der Waals surface area contributed by atoms with Gasteiger partial charge in [-0.15, -0.1) is 0 Å². The van der Waals surface area contributed by atoms with Crippen LogP contribution in [0, 0.1) is 23.0 Å². The molecule has 0 saturated heterocycles. The normalized spacial score (nSPS) is 16.3. The van der Waals surface area contributed by atoms with Crippen molar-refractivity contribution in [1.82, 2.24) is 0 Å². The monoisotopic (exact) mass is 402 g/mol. The predicted molar refractivity (Wildman–Crippen MR) is 94.8 cm³/mol. The van der Waals surface area contributed by atoms with Crippen molar-refractivity contribution in [1.29, 1.82) is 5.26 Å². The Morgan fingerprint density at radius 1 is 1.31 bits per heavy atom. The maximum Gasteiger partial charge on any atom is 0.338 e. The zero-order valence-electron chi connectivity index (χ0n) is 15.5. The number of benzene rings is 1. The van der Waals surface area contributed by atoms with E-state index in [0.717, 1.165) is 12.1 Å². The second-order valence-electron chi connectivity index (χ2n) is 6.05. The molecule has 3 rings (SSSR count). The van der Waals surface area contributed by atoms with Crippen LogP contribution in [0.4, 0.5) is 8.78 Å². The lowest BCUT2D eigenvalue weighted by Gasteiger charge is -2.24. The molecule has 0 radical (unpaired) electrons. The summed E-state index contributed by atoms with van der Waals surface area (Å²) in [6, 6.07) is 7.93. The van der Waals surface area contributed by atoms with E-state index in [-0.39, 0.29) is 46.7 Å². The van der Waals surface area contributed by atoms with Crippen molar-refractivity contribution in [3.63, 3.8) is 0 Å². The summed E-state index contributed by atoms with van der Waals surface area (Å²) in [6.07, 6.45) is 0. The standard InChI is InChI=1S/C20H16F2N2O5/c1-10-17(20(25)26-2)18(13(8-23)19(24)28-10)16-6-4-12(29-16)9-27-15-5-3-11(21)7-14(15)22/h3-7,18H,9,24H2,1-2H3/t18-/m1/s1. The number of nitrogens with two attached hydrogens (primary N) is 1. The number of furan rings is 1. The van der Waals surface area contributed by atoms with Crippen LogP contribution < -0.4 is 10.5 Å². The minimum atomic E-state index is -0.933. The molecule has 29 heavy (non-hydrogen) atoms. The van der Waals surface area contributed by atoms with Crippen LogP contribution in [0.3, 0.4) is 0 Å². The number of allylic oxidation sites excluding steroid dienone is 2. The number of carbonyl (C=O) groups is 1. The summed E-state index contributed by atoms with van der Waals surface area (Å²) in [5, 5.41) is 9.48. The van der Waals surface area contributed by atoms with Crippen LogP contribution in [-0.4, -0.2) is 13.1 Å². The van der Waals surface area contributed by atoms with Crippen molar-refractivity contribution in [2.75, 3.05) is 7.11 Å². The lowest BCUT2D eigenvalue weighted by Crippen LogP contribution is -2.24. The fourth-order valence-electron chi connectivity index (χ4n) is 2.91. The Balaban J connectivity index is 1.89. The summed E-state index contributed by atoms with van der Waals surface area (Å²) in [4.78, 5) is 12.2. The van der Waals surface area contributed by atoms with E-state index in [1.54, 1.807) is 6.07 Å². The molecular formula is C20H16F2N2O5. The number of hydrogen-bond acceptors (Lipinski definition) is 7. The van der Waals surface area contributed by atoms with Gasteiger partial charge in [0, 0.05) is 6.07 Å². The van der Waals surface area contributed by atoms with Crippen molar-refractivity contribution in [3.8, 4) is 11.8 Å². The fourth-order valence-corrected chi connectivity index (χ4v) is 2.91. The molecule has 1 aliphatic rings. The molecule has 1 aliphatic heterocycles. The van der Waals surface area contributed by atoms with Gasteiger partial charge in [-0.3, -0.25) is 0 Å². The van der Waals surface area contributed by atoms with Gasteiger partial charge in [-0.2, -0.15) is 5.26 Å². The number of ether oxygens (including phenoxy) is 3. The van der Waals surface area contributed by atoms with Crippen LogP contribution in [0.15, 0.2) is 57.5 Å². The summed E-state index contributed by atoms with van der Waals surface area (Å²) in [5.74, 6) is -2.81. The first kappa shape index (κ1) is 19.9. The van der Waals surface area contributed by atoms with Gasteiger partial charge >= 0.3 is 5.97 Å². The van der Waals surface area contributed by atoms with E-state index in [9.17, 15) is 18.8 Å². The SMILES string of the molecule is COC(=O)C1=C(C)OC(N)=C(C#N)[C@@H]1c1ccc(COc2ccc(F)cc2F)o1. The zero-order valence-corrected chi connectivity index (χ0v) is 15.5. The van der Waals surface area contributed by atoms with E-state index in [1.807, 2.05) is 6.07 Å². The first-order valence-corrected chi connectivity index (χ1v) is 8.38. The maximum atomic E-state index is 13.7. The summed E-state index contributed by atoms with van der Waals surface area (Å²) in [7, 11) is 1.20. The topological polar surface area (TPSA) is 108 Å². The number of rotatable bonds is 5. The number of esters is 1. The largest absolute Gasteiger partial charge is 0.483 e. The first-order valence-electron chi connectivity index (χ1n) is 8.38. The highest BCUT2D eigenvalue weighted by atomic mass is 19.1. The van der Waals surface area contributed by atoms with Crippen molar-refractivity contribution in [3.05, 3.63) is 76.3 Å². The second-order valence-corrected chi connectivity index (χ2v) is 6.05. The van der Waals surface area contributed by atoms with E-state index < -0.39 is 23.5 Å². The molecule has 2 heterocycles. The van der Waals surface area contributed by atoms with Crippen molar-refractivity contribution in [2.45, 2.75) is 19.4 Å². The van der Waals surface area contributed by atoms with Crippen LogP contribution in [0.1, 0.15) is 24.4 Å². The molecule has 0 unspecified atom stereocenters. The molecule has 0 amide bonds. The van der Waals surface area contributed by atoms with Crippen LogP contribution in [0.5, 0.6) is 5.75 Å². The lowest BCUT2D eigenvalue weighted by atomic mass is 9.87. The average Bonchev–Trinajstić information content (AvgIpc) is 3.15. The molecule has 150 valence electrons. The number of nitrogens with zero attached hydrogens (tertiary/aromatic N) is 1. The molecule has 1 atom stereocenters. The minimum Gasteiger partial charge on any atom is -0.483 e. The average molecular weight is 402 g/mol. The van der Waals surface area contributed by atoms with Gasteiger partial charge in [0.05, 0.1) is 18.6 Å². The molecule has 0 aliphatic carbocycles. The van der Waals surface area contributed by atoms with Crippen LogP contribution in [0.2, 0.25) is 0 Å². The number of methoxy groups -OCH3 is 1. The second kappa shape index (κ2) is 8.06. The van der Waals surface area contributed by atoms with E-state index in [0.29, 0.717) is 6.07 Å². The Bertz CT molecular complexity index is 1070. The molecule has 2 N–H and O–H groups in total. The molecule has 0 saturated carbocycles. The highest BCUT2D eigenvalue weighted by molar-refractivity contribution is 5.92. The van der Waals surface area contributed by atoms with Gasteiger partial charge in [-0.1, -0.05) is 0 Å². The Morgan fingerprint density at radius 2 is 2.07 bits per heavy atom. The third-order valence-corrected chi connectivity index (χ3v) is 4.24. The van der Waals surface area contributed by atoms with Crippen molar-refractivity contribution < 1.29 is 32.2 Å². The number of nitriles is 1. The van der Waals surface area contributed by atoms with Gasteiger partial charge in [-0.25, -0.2) is 13.6 Å². The van der Waals surface area contributed by atoms with Crippen LogP contribution >= 0.6 is 0 Å². The summed E-state index contributed by atoms with van der Waals surface area (Å²) < 4.78 is 47.7. The summed E-state index contributed by atoms with van der Waals surface area (Å²) in [6.45, 7) is 1.35. The molecule has 2 aromatic rings. The number of halogens is 2. The van der Waals surface area contributed by atoms with E-state index in [2.05, 4.69) is 0 Å². The highest BCUT2D eigenvalue weighted by Crippen LogP contribution is 2.40. The molecule has 7 nitrogen and oxygen atoms in total. The minimum absolute atomic E-state index is 0.0117. The van der Waals surface area contributed by atoms with Gasteiger partial charge < -0.3 is 24.4 Å². The van der Waals surface area contributed by atoms with Gasteiger partial charge in [0.25, 0.3) is 0 Å². The van der Waals surface area contributed by atoms with Gasteiger partial charge in [0.2, 0.25) is 5.88 Å². The predicted octanol–water partition coefficient (Wildman–Crippen LogP) is 3.39. The molecule has 1 aromatic heterocycles. The molecule has 0 fully saturated rings. The molecular weight excluding hydrogens is 386 g/mol. The maximum absolute atomic E-state index is 13.7. The molecule has 0 bridgehead atoms. The Kier molecular flexibility index (Phi) is 5.54. The molecule has 1 aromatic carbocycles. The van der Waals surface area contributed by atoms with Crippen LogP contribution in [0.25, 0.3) is 0 Å². The smallest absolute Gasteiger partial charge is 0.338 e. The van der Waals surface area contributed by atoms with Crippen LogP contribution in [-0.2, 0) is 20.9 Å². The molecule has 9 heteroatoms. The van der Waals surface area contributed by atoms with Crippen molar-refractivity contribution in [2.24, 2.45) is 5.73 Å². The van der Waals surface area contributed by atoms with E-state index in [1.165, 1.54) is 20.1 Å².